The normalized spacial score (nSPS) is 11.5. The number of benzene rings is 2. The van der Waals surface area contributed by atoms with Gasteiger partial charge in [-0.15, -0.1) is 4.99 Å². The van der Waals surface area contributed by atoms with Crippen molar-refractivity contribution in [2.75, 3.05) is 38.0 Å². The zero-order chi connectivity index (χ0) is 24.6. The molecule has 0 spiro atoms. The molecule has 1 N–H and O–H groups in total. The van der Waals surface area contributed by atoms with Crippen molar-refractivity contribution in [3.05, 3.63) is 71.7 Å². The smallest absolute Gasteiger partial charge is 0.418 e. The third-order valence-electron chi connectivity index (χ3n) is 4.65. The molecule has 1 heterocycles. The number of hydrogen-bond donors (Lipinski definition) is 1. The van der Waals surface area contributed by atoms with Crippen LogP contribution in [-0.4, -0.2) is 46.6 Å². The molecule has 0 saturated heterocycles. The van der Waals surface area contributed by atoms with E-state index in [-0.39, 0.29) is 0 Å². The topological polar surface area (TPSA) is 38.5 Å². The second kappa shape index (κ2) is 11.4. The number of rotatable bonds is 6. The Labute approximate surface area is 191 Å². The summed E-state index contributed by atoms with van der Waals surface area (Å²) in [5, 5.41) is 0. The fraction of sp³-hybridized carbons (Fsp3) is 0.217. The Morgan fingerprint density at radius 3 is 1.70 bits per heavy atom. The Kier molecular flexibility index (Phi) is 8.84. The van der Waals surface area contributed by atoms with Gasteiger partial charge in [-0.2, -0.15) is 0 Å². The predicted octanol–water partition coefficient (Wildman–Crippen LogP) is 5.19. The number of aliphatic imine (C=N–C) groups is 1. The summed E-state index contributed by atoms with van der Waals surface area (Å²) in [6.45, 7) is 0. The highest BCUT2D eigenvalue weighted by Crippen LogP contribution is 2.15. The molecular formula is C23H28BF4N5. The van der Waals surface area contributed by atoms with Gasteiger partial charge in [-0.05, 0) is 48.0 Å². The van der Waals surface area contributed by atoms with E-state index < -0.39 is 7.25 Å². The predicted molar refractivity (Wildman–Crippen MR) is 130 cm³/mol. The lowest BCUT2D eigenvalue weighted by Gasteiger charge is -2.11. The van der Waals surface area contributed by atoms with Crippen molar-refractivity contribution in [1.29, 1.82) is 0 Å². The third kappa shape index (κ3) is 8.84. The Hall–Kier alpha value is -3.56. The molecule has 0 radical (unpaired) electrons. The minimum atomic E-state index is -6.00. The average Bonchev–Trinajstić information content (AvgIpc) is 3.09. The van der Waals surface area contributed by atoms with Crippen LogP contribution in [0.5, 0.6) is 0 Å². The molecule has 0 atom stereocenters. The molecule has 0 aliphatic heterocycles. The minimum absolute atomic E-state index is 0.874. The Morgan fingerprint density at radius 1 is 0.788 bits per heavy atom. The van der Waals surface area contributed by atoms with Crippen LogP contribution in [0.4, 0.5) is 34.5 Å². The molecule has 0 aliphatic rings. The maximum atomic E-state index is 9.75. The first kappa shape index (κ1) is 25.7. The largest absolute Gasteiger partial charge is 0.673 e. The number of imidazole rings is 1. The van der Waals surface area contributed by atoms with Gasteiger partial charge < -0.3 is 27.1 Å². The molecule has 5 nitrogen and oxygen atoms in total. The average molecular weight is 461 g/mol. The van der Waals surface area contributed by atoms with Gasteiger partial charge in [0.15, 0.2) is 0 Å². The van der Waals surface area contributed by atoms with Crippen molar-refractivity contribution in [2.24, 2.45) is 12.0 Å². The van der Waals surface area contributed by atoms with Gasteiger partial charge in [-0.1, -0.05) is 12.1 Å². The second-order valence-corrected chi connectivity index (χ2v) is 7.65. The molecule has 0 bridgehead atoms. The van der Waals surface area contributed by atoms with E-state index in [0.717, 1.165) is 22.8 Å². The number of halogens is 4. The van der Waals surface area contributed by atoms with Crippen LogP contribution in [-0.2, 0) is 7.05 Å². The molecule has 0 aliphatic carbocycles. The van der Waals surface area contributed by atoms with Crippen LogP contribution < -0.4 is 14.4 Å². The molecule has 0 saturated carbocycles. The van der Waals surface area contributed by atoms with Crippen molar-refractivity contribution in [3.8, 4) is 0 Å². The van der Waals surface area contributed by atoms with Crippen molar-refractivity contribution < 1.29 is 21.8 Å². The molecule has 3 rings (SSSR count). The summed E-state index contributed by atoms with van der Waals surface area (Å²) >= 11 is 0. The van der Waals surface area contributed by atoms with E-state index in [4.69, 9.17) is 0 Å². The molecule has 2 aromatic carbocycles. The number of nitrogens with zero attached hydrogens (tertiary/aromatic N) is 4. The summed E-state index contributed by atoms with van der Waals surface area (Å²) in [7, 11) is 4.17. The molecule has 0 fully saturated rings. The zero-order valence-corrected chi connectivity index (χ0v) is 19.3. The SMILES string of the molecule is CN(C)c1ccc(C=Cc2[nH]cc(N=Cc3ccc(N(C)C)cc3)[n+]2C)cc1.F[B-](F)(F)F. The number of anilines is 2. The highest BCUT2D eigenvalue weighted by atomic mass is 19.5. The highest BCUT2D eigenvalue weighted by Gasteiger charge is 2.20. The third-order valence-corrected chi connectivity index (χ3v) is 4.65. The minimum Gasteiger partial charge on any atom is -0.418 e. The first-order chi connectivity index (χ1) is 15.4. The molecule has 10 heteroatoms. The van der Waals surface area contributed by atoms with Gasteiger partial charge >= 0.3 is 7.25 Å². The highest BCUT2D eigenvalue weighted by molar-refractivity contribution is 6.50. The standard InChI is InChI=1S/C23H27N5.BF4/c1-26(2)20-11-6-18(7-12-20)10-15-22-25-17-23(28(22)5)24-16-19-8-13-21(14-9-19)27(3)4;2-1(3,4)5/h6-17H,1-5H3;/q;-1/p+1. The lowest BCUT2D eigenvalue weighted by atomic mass is 10.2. The van der Waals surface area contributed by atoms with Crippen LogP contribution in [0.15, 0.2) is 59.7 Å². The van der Waals surface area contributed by atoms with Crippen LogP contribution in [0.25, 0.3) is 12.2 Å². The second-order valence-electron chi connectivity index (χ2n) is 7.65. The number of nitrogens with one attached hydrogen (secondary N) is 1. The first-order valence-electron chi connectivity index (χ1n) is 10.2. The van der Waals surface area contributed by atoms with E-state index >= 15 is 0 Å². The van der Waals surface area contributed by atoms with Gasteiger partial charge in [-0.25, -0.2) is 4.57 Å². The fourth-order valence-corrected chi connectivity index (χ4v) is 2.80. The maximum Gasteiger partial charge on any atom is 0.673 e. The summed E-state index contributed by atoms with van der Waals surface area (Å²) in [6, 6.07) is 16.8. The van der Waals surface area contributed by atoms with E-state index in [9.17, 15) is 17.3 Å². The van der Waals surface area contributed by atoms with E-state index in [1.807, 2.05) is 52.2 Å². The van der Waals surface area contributed by atoms with Crippen LogP contribution in [0, 0.1) is 0 Å². The van der Waals surface area contributed by atoms with E-state index in [1.54, 1.807) is 0 Å². The zero-order valence-electron chi connectivity index (χ0n) is 19.3. The van der Waals surface area contributed by atoms with Crippen molar-refractivity contribution in [2.45, 2.75) is 0 Å². The summed E-state index contributed by atoms with van der Waals surface area (Å²) in [5.74, 6) is 1.87. The van der Waals surface area contributed by atoms with Gasteiger partial charge in [0.2, 0.25) is 5.82 Å². The summed E-state index contributed by atoms with van der Waals surface area (Å²) in [5.41, 5.74) is 4.60. The maximum absolute atomic E-state index is 9.75. The van der Waals surface area contributed by atoms with Crippen molar-refractivity contribution >= 4 is 42.8 Å². The molecule has 0 amide bonds. The van der Waals surface area contributed by atoms with Gasteiger partial charge in [0, 0.05) is 51.2 Å². The Bertz CT molecular complexity index is 985. The number of hydrogen-bond acceptors (Lipinski definition) is 3. The Morgan fingerprint density at radius 2 is 1.24 bits per heavy atom. The molecule has 176 valence electrons. The monoisotopic (exact) mass is 461 g/mol. The van der Waals surface area contributed by atoms with Crippen LogP contribution >= 0.6 is 0 Å². The van der Waals surface area contributed by atoms with Crippen LogP contribution in [0.1, 0.15) is 17.0 Å². The summed E-state index contributed by atoms with van der Waals surface area (Å²) in [4.78, 5) is 12.1. The van der Waals surface area contributed by atoms with E-state index in [0.29, 0.717) is 0 Å². The van der Waals surface area contributed by atoms with Crippen LogP contribution in [0.3, 0.4) is 0 Å². The van der Waals surface area contributed by atoms with E-state index in [1.165, 1.54) is 11.4 Å². The van der Waals surface area contributed by atoms with E-state index in [2.05, 4.69) is 80.5 Å². The van der Waals surface area contributed by atoms with Gasteiger partial charge in [0.25, 0.3) is 5.82 Å². The number of aromatic nitrogens is 2. The molecule has 0 unspecified atom stereocenters. The molecular weight excluding hydrogens is 433 g/mol. The lowest BCUT2D eigenvalue weighted by molar-refractivity contribution is -0.659. The fourth-order valence-electron chi connectivity index (χ4n) is 2.80. The van der Waals surface area contributed by atoms with Gasteiger partial charge in [0.1, 0.15) is 12.4 Å². The lowest BCUT2D eigenvalue weighted by Crippen LogP contribution is -2.29. The number of H-pyrrole nitrogens is 1. The molecule has 33 heavy (non-hydrogen) atoms. The summed E-state index contributed by atoms with van der Waals surface area (Å²) < 4.78 is 41.0. The van der Waals surface area contributed by atoms with Crippen molar-refractivity contribution in [1.82, 2.24) is 4.98 Å². The van der Waals surface area contributed by atoms with Gasteiger partial charge in [-0.3, -0.25) is 4.98 Å². The first-order valence-corrected chi connectivity index (χ1v) is 10.2. The van der Waals surface area contributed by atoms with Crippen molar-refractivity contribution in [3.63, 3.8) is 0 Å². The molecule has 3 aromatic rings. The number of aromatic amines is 1. The quantitative estimate of drug-likeness (QED) is 0.238. The Balaban J connectivity index is 0.000000696. The van der Waals surface area contributed by atoms with Gasteiger partial charge in [0.05, 0.1) is 7.05 Å². The summed E-state index contributed by atoms with van der Waals surface area (Å²) in [6.07, 6.45) is 7.96. The van der Waals surface area contributed by atoms with Crippen LogP contribution in [0.2, 0.25) is 0 Å². The molecule has 1 aromatic heterocycles.